The SMILES string of the molecule is Cc1ccccc1C(=O)N1CCC(c2nnc(CN3CCCCC3)n2C)CC1. The normalized spacial score (nSPS) is 19.1. The highest BCUT2D eigenvalue weighted by Crippen LogP contribution is 2.28. The lowest BCUT2D eigenvalue weighted by Gasteiger charge is -2.32. The van der Waals surface area contributed by atoms with Crippen molar-refractivity contribution in [2.45, 2.75) is 51.5 Å². The zero-order chi connectivity index (χ0) is 19.5. The van der Waals surface area contributed by atoms with Crippen molar-refractivity contribution >= 4 is 5.91 Å². The van der Waals surface area contributed by atoms with Crippen LogP contribution in [0.1, 0.15) is 65.6 Å². The minimum atomic E-state index is 0.153. The van der Waals surface area contributed by atoms with Crippen molar-refractivity contribution in [3.8, 4) is 0 Å². The van der Waals surface area contributed by atoms with E-state index in [1.54, 1.807) is 0 Å². The van der Waals surface area contributed by atoms with E-state index >= 15 is 0 Å². The second-order valence-electron chi connectivity index (χ2n) is 8.25. The van der Waals surface area contributed by atoms with Crippen LogP contribution in [0.5, 0.6) is 0 Å². The molecule has 1 amide bonds. The summed E-state index contributed by atoms with van der Waals surface area (Å²) in [5.74, 6) is 2.68. The van der Waals surface area contributed by atoms with Gasteiger partial charge in [-0.2, -0.15) is 0 Å². The molecule has 1 aromatic carbocycles. The van der Waals surface area contributed by atoms with Gasteiger partial charge in [0.15, 0.2) is 0 Å². The summed E-state index contributed by atoms with van der Waals surface area (Å²) in [6.45, 7) is 6.80. The summed E-state index contributed by atoms with van der Waals surface area (Å²) < 4.78 is 2.19. The number of benzene rings is 1. The quantitative estimate of drug-likeness (QED) is 0.816. The minimum Gasteiger partial charge on any atom is -0.339 e. The predicted molar refractivity (Wildman–Crippen MR) is 109 cm³/mol. The van der Waals surface area contributed by atoms with Crippen LogP contribution in [0.3, 0.4) is 0 Å². The van der Waals surface area contributed by atoms with Crippen LogP contribution in [0, 0.1) is 6.92 Å². The van der Waals surface area contributed by atoms with Gasteiger partial charge in [0.25, 0.3) is 5.91 Å². The molecule has 0 spiro atoms. The van der Waals surface area contributed by atoms with Crippen LogP contribution < -0.4 is 0 Å². The number of amides is 1. The Labute approximate surface area is 167 Å². The molecule has 4 rings (SSSR count). The molecule has 0 radical (unpaired) electrons. The summed E-state index contributed by atoms with van der Waals surface area (Å²) in [5, 5.41) is 9.02. The van der Waals surface area contributed by atoms with E-state index in [4.69, 9.17) is 0 Å². The molecule has 0 atom stereocenters. The summed E-state index contributed by atoms with van der Waals surface area (Å²) in [4.78, 5) is 17.3. The number of hydrogen-bond acceptors (Lipinski definition) is 4. The number of aromatic nitrogens is 3. The van der Waals surface area contributed by atoms with Crippen molar-refractivity contribution < 1.29 is 4.79 Å². The summed E-state index contributed by atoms with van der Waals surface area (Å²) in [6.07, 6.45) is 5.83. The fraction of sp³-hybridized carbons (Fsp3) is 0.591. The molecule has 0 bridgehead atoms. The lowest BCUT2D eigenvalue weighted by atomic mass is 9.95. The molecule has 6 nitrogen and oxygen atoms in total. The highest BCUT2D eigenvalue weighted by atomic mass is 16.2. The number of hydrogen-bond donors (Lipinski definition) is 0. The number of nitrogens with zero attached hydrogens (tertiary/aromatic N) is 5. The lowest BCUT2D eigenvalue weighted by molar-refractivity contribution is 0.0709. The molecular formula is C22H31N5O. The number of carbonyl (C=O) groups excluding carboxylic acids is 1. The summed E-state index contributed by atoms with van der Waals surface area (Å²) >= 11 is 0. The first-order valence-corrected chi connectivity index (χ1v) is 10.6. The van der Waals surface area contributed by atoms with Gasteiger partial charge < -0.3 is 9.47 Å². The molecule has 2 fully saturated rings. The molecule has 1 aromatic heterocycles. The van der Waals surface area contributed by atoms with E-state index in [0.717, 1.165) is 55.3 Å². The Hall–Kier alpha value is -2.21. The zero-order valence-corrected chi connectivity index (χ0v) is 17.1. The van der Waals surface area contributed by atoms with Gasteiger partial charge in [-0.05, 0) is 57.3 Å². The zero-order valence-electron chi connectivity index (χ0n) is 17.1. The van der Waals surface area contributed by atoms with Crippen LogP contribution in [-0.4, -0.2) is 56.7 Å². The van der Waals surface area contributed by atoms with Crippen molar-refractivity contribution in [2.24, 2.45) is 7.05 Å². The fourth-order valence-electron chi connectivity index (χ4n) is 4.51. The molecule has 2 aromatic rings. The van der Waals surface area contributed by atoms with Gasteiger partial charge in [0.05, 0.1) is 6.54 Å². The Balaban J connectivity index is 1.37. The molecule has 0 N–H and O–H groups in total. The maximum absolute atomic E-state index is 12.8. The second-order valence-corrected chi connectivity index (χ2v) is 8.25. The monoisotopic (exact) mass is 381 g/mol. The highest BCUT2D eigenvalue weighted by Gasteiger charge is 2.28. The van der Waals surface area contributed by atoms with E-state index < -0.39 is 0 Å². The van der Waals surface area contributed by atoms with Crippen LogP contribution >= 0.6 is 0 Å². The van der Waals surface area contributed by atoms with E-state index in [1.165, 1.54) is 32.4 Å². The highest BCUT2D eigenvalue weighted by molar-refractivity contribution is 5.95. The number of aryl methyl sites for hydroxylation is 1. The molecule has 2 aliphatic heterocycles. The van der Waals surface area contributed by atoms with Crippen molar-refractivity contribution in [1.82, 2.24) is 24.6 Å². The molecule has 6 heteroatoms. The number of rotatable bonds is 4. The summed E-state index contributed by atoms with van der Waals surface area (Å²) in [5.41, 5.74) is 1.87. The third-order valence-electron chi connectivity index (χ3n) is 6.34. The Morgan fingerprint density at radius 3 is 2.46 bits per heavy atom. The van der Waals surface area contributed by atoms with Crippen molar-refractivity contribution in [1.29, 1.82) is 0 Å². The molecule has 0 unspecified atom stereocenters. The summed E-state index contributed by atoms with van der Waals surface area (Å²) in [6, 6.07) is 7.85. The number of carbonyl (C=O) groups is 1. The first kappa shape index (κ1) is 19.1. The van der Waals surface area contributed by atoms with Gasteiger partial charge in [-0.15, -0.1) is 10.2 Å². The second kappa shape index (κ2) is 8.43. The molecule has 150 valence electrons. The lowest BCUT2D eigenvalue weighted by Crippen LogP contribution is -2.38. The minimum absolute atomic E-state index is 0.153. The maximum Gasteiger partial charge on any atom is 0.254 e. The Morgan fingerprint density at radius 2 is 1.75 bits per heavy atom. The average Bonchev–Trinajstić information content (AvgIpc) is 3.09. The van der Waals surface area contributed by atoms with Crippen LogP contribution in [0.4, 0.5) is 0 Å². The molecule has 2 saturated heterocycles. The summed E-state index contributed by atoms with van der Waals surface area (Å²) in [7, 11) is 2.10. The van der Waals surface area contributed by atoms with Gasteiger partial charge in [-0.3, -0.25) is 9.69 Å². The van der Waals surface area contributed by atoms with Gasteiger partial charge in [-0.25, -0.2) is 0 Å². The van der Waals surface area contributed by atoms with E-state index in [-0.39, 0.29) is 5.91 Å². The molecule has 0 aliphatic carbocycles. The van der Waals surface area contributed by atoms with E-state index in [9.17, 15) is 4.79 Å². The van der Waals surface area contributed by atoms with Crippen molar-refractivity contribution in [2.75, 3.05) is 26.2 Å². The third-order valence-corrected chi connectivity index (χ3v) is 6.34. The maximum atomic E-state index is 12.8. The smallest absolute Gasteiger partial charge is 0.254 e. The molecular weight excluding hydrogens is 350 g/mol. The third kappa shape index (κ3) is 3.97. The number of likely N-dealkylation sites (tertiary alicyclic amines) is 2. The standard InChI is InChI=1S/C22H31N5O/c1-17-8-4-5-9-19(17)22(28)27-14-10-18(11-15-27)21-24-23-20(25(21)2)16-26-12-6-3-7-13-26/h4-5,8-9,18H,3,6-7,10-16H2,1-2H3. The first-order valence-electron chi connectivity index (χ1n) is 10.6. The average molecular weight is 382 g/mol. The van der Waals surface area contributed by atoms with E-state index in [2.05, 4.69) is 26.7 Å². The molecule has 28 heavy (non-hydrogen) atoms. The van der Waals surface area contributed by atoms with Gasteiger partial charge in [0.2, 0.25) is 0 Å². The predicted octanol–water partition coefficient (Wildman–Crippen LogP) is 3.13. The molecule has 0 saturated carbocycles. The van der Waals surface area contributed by atoms with E-state index in [1.807, 2.05) is 36.1 Å². The van der Waals surface area contributed by atoms with Gasteiger partial charge in [0, 0.05) is 31.6 Å². The van der Waals surface area contributed by atoms with Gasteiger partial charge in [0.1, 0.15) is 11.6 Å². The number of piperidine rings is 2. The molecule has 2 aliphatic rings. The fourth-order valence-corrected chi connectivity index (χ4v) is 4.51. The Morgan fingerprint density at radius 1 is 1.04 bits per heavy atom. The van der Waals surface area contributed by atoms with Crippen LogP contribution in [0.25, 0.3) is 0 Å². The van der Waals surface area contributed by atoms with Crippen LogP contribution in [0.15, 0.2) is 24.3 Å². The molecule has 3 heterocycles. The Bertz CT molecular complexity index is 816. The first-order chi connectivity index (χ1) is 13.6. The van der Waals surface area contributed by atoms with Crippen molar-refractivity contribution in [3.05, 3.63) is 47.0 Å². The Kier molecular flexibility index (Phi) is 5.76. The van der Waals surface area contributed by atoms with E-state index in [0.29, 0.717) is 5.92 Å². The van der Waals surface area contributed by atoms with Gasteiger partial charge >= 0.3 is 0 Å². The van der Waals surface area contributed by atoms with Crippen LogP contribution in [-0.2, 0) is 13.6 Å². The largest absolute Gasteiger partial charge is 0.339 e. The topological polar surface area (TPSA) is 54.3 Å². The van der Waals surface area contributed by atoms with Gasteiger partial charge in [-0.1, -0.05) is 24.6 Å². The van der Waals surface area contributed by atoms with Crippen LogP contribution in [0.2, 0.25) is 0 Å². The van der Waals surface area contributed by atoms with Crippen molar-refractivity contribution in [3.63, 3.8) is 0 Å².